The molecule has 0 unspecified atom stereocenters. The molecule has 0 saturated carbocycles. The van der Waals surface area contributed by atoms with Crippen LogP contribution in [-0.2, 0) is 11.2 Å². The average Bonchev–Trinajstić information content (AvgIpc) is 2.65. The highest BCUT2D eigenvalue weighted by atomic mass is 16.5. The Labute approximate surface area is 148 Å². The molecule has 25 heavy (non-hydrogen) atoms. The maximum atomic E-state index is 12.1. The van der Waals surface area contributed by atoms with Gasteiger partial charge in [-0.25, -0.2) is 0 Å². The summed E-state index contributed by atoms with van der Waals surface area (Å²) in [5.74, 6) is 0.424. The third kappa shape index (κ3) is 6.15. The summed E-state index contributed by atoms with van der Waals surface area (Å²) >= 11 is 0. The Hall–Kier alpha value is -3.06. The zero-order valence-corrected chi connectivity index (χ0v) is 14.4. The van der Waals surface area contributed by atoms with Crippen molar-refractivity contribution in [3.8, 4) is 11.8 Å². The number of nitrogens with zero attached hydrogens (tertiary/aromatic N) is 1. The van der Waals surface area contributed by atoms with Gasteiger partial charge in [-0.2, -0.15) is 5.26 Å². The zero-order valence-electron chi connectivity index (χ0n) is 14.4. The van der Waals surface area contributed by atoms with E-state index in [9.17, 15) is 10.1 Å². The van der Waals surface area contributed by atoms with Gasteiger partial charge in [-0.15, -0.1) is 0 Å². The van der Waals surface area contributed by atoms with Crippen LogP contribution in [0.25, 0.3) is 6.08 Å². The number of nitriles is 1. The van der Waals surface area contributed by atoms with Crippen molar-refractivity contribution in [3.05, 3.63) is 71.3 Å². The summed E-state index contributed by atoms with van der Waals surface area (Å²) in [6.45, 7) is 3.06. The maximum absolute atomic E-state index is 12.1. The van der Waals surface area contributed by atoms with E-state index in [1.165, 1.54) is 5.56 Å². The van der Waals surface area contributed by atoms with E-state index in [2.05, 4.69) is 17.4 Å². The van der Waals surface area contributed by atoms with Gasteiger partial charge >= 0.3 is 0 Å². The molecule has 128 valence electrons. The van der Waals surface area contributed by atoms with Gasteiger partial charge in [0.15, 0.2) is 0 Å². The fourth-order valence-corrected chi connectivity index (χ4v) is 2.38. The van der Waals surface area contributed by atoms with Gasteiger partial charge in [0.05, 0.1) is 6.61 Å². The van der Waals surface area contributed by atoms with Crippen LogP contribution in [0.5, 0.6) is 5.75 Å². The van der Waals surface area contributed by atoms with Crippen LogP contribution < -0.4 is 10.1 Å². The molecule has 0 atom stereocenters. The topological polar surface area (TPSA) is 62.1 Å². The summed E-state index contributed by atoms with van der Waals surface area (Å²) in [5, 5.41) is 12.0. The van der Waals surface area contributed by atoms with Crippen LogP contribution >= 0.6 is 0 Å². The molecule has 0 aliphatic carbocycles. The van der Waals surface area contributed by atoms with Crippen molar-refractivity contribution in [1.29, 1.82) is 5.26 Å². The summed E-state index contributed by atoms with van der Waals surface area (Å²) in [4.78, 5) is 12.1. The van der Waals surface area contributed by atoms with Crippen molar-refractivity contribution in [3.63, 3.8) is 0 Å². The molecule has 0 bridgehead atoms. The molecule has 1 amide bonds. The summed E-state index contributed by atoms with van der Waals surface area (Å²) in [5.41, 5.74) is 2.13. The lowest BCUT2D eigenvalue weighted by Crippen LogP contribution is -2.25. The number of nitrogens with one attached hydrogen (secondary N) is 1. The van der Waals surface area contributed by atoms with Gasteiger partial charge < -0.3 is 10.1 Å². The molecule has 0 aliphatic rings. The van der Waals surface area contributed by atoms with E-state index in [0.29, 0.717) is 13.2 Å². The van der Waals surface area contributed by atoms with Gasteiger partial charge in [0.1, 0.15) is 17.4 Å². The largest absolute Gasteiger partial charge is 0.494 e. The van der Waals surface area contributed by atoms with Crippen molar-refractivity contribution in [2.24, 2.45) is 0 Å². The molecular weight excluding hydrogens is 312 g/mol. The van der Waals surface area contributed by atoms with Gasteiger partial charge in [-0.1, -0.05) is 42.5 Å². The number of amides is 1. The molecule has 0 spiro atoms. The minimum atomic E-state index is -0.343. The van der Waals surface area contributed by atoms with Crippen LogP contribution in [0.3, 0.4) is 0 Å². The van der Waals surface area contributed by atoms with Crippen LogP contribution in [0, 0.1) is 11.3 Å². The van der Waals surface area contributed by atoms with Crippen LogP contribution in [0.15, 0.2) is 60.2 Å². The normalized spacial score (nSPS) is 10.8. The van der Waals surface area contributed by atoms with E-state index >= 15 is 0 Å². The molecule has 0 aromatic heterocycles. The number of carbonyl (C=O) groups is 1. The SMILES string of the molecule is CCOc1ccc(/C=C(/C#N)C(=O)NCCCc2ccccc2)cc1. The number of hydrogen-bond donors (Lipinski definition) is 1. The fraction of sp³-hybridized carbons (Fsp3) is 0.238. The predicted octanol–water partition coefficient (Wildman–Crippen LogP) is 3.74. The molecule has 0 saturated heterocycles. The highest BCUT2D eigenvalue weighted by Crippen LogP contribution is 2.14. The maximum Gasteiger partial charge on any atom is 0.261 e. The molecule has 2 aromatic carbocycles. The van der Waals surface area contributed by atoms with Gasteiger partial charge in [0, 0.05) is 6.54 Å². The first-order valence-corrected chi connectivity index (χ1v) is 8.39. The minimum Gasteiger partial charge on any atom is -0.494 e. The molecule has 2 aromatic rings. The highest BCUT2D eigenvalue weighted by Gasteiger charge is 2.08. The minimum absolute atomic E-state index is 0.101. The van der Waals surface area contributed by atoms with Gasteiger partial charge in [0.25, 0.3) is 5.91 Å². The molecule has 0 aliphatic heterocycles. The van der Waals surface area contributed by atoms with E-state index in [-0.39, 0.29) is 11.5 Å². The molecule has 0 heterocycles. The van der Waals surface area contributed by atoms with Crippen LogP contribution in [0.4, 0.5) is 0 Å². The van der Waals surface area contributed by atoms with Crippen molar-refractivity contribution < 1.29 is 9.53 Å². The van der Waals surface area contributed by atoms with Crippen LogP contribution in [-0.4, -0.2) is 19.1 Å². The lowest BCUT2D eigenvalue weighted by molar-refractivity contribution is -0.117. The lowest BCUT2D eigenvalue weighted by Gasteiger charge is -2.05. The Bertz CT molecular complexity index is 744. The van der Waals surface area contributed by atoms with Crippen LogP contribution in [0.1, 0.15) is 24.5 Å². The predicted molar refractivity (Wildman–Crippen MR) is 99.0 cm³/mol. The quantitative estimate of drug-likeness (QED) is 0.454. The fourth-order valence-electron chi connectivity index (χ4n) is 2.38. The zero-order chi connectivity index (χ0) is 17.9. The van der Waals surface area contributed by atoms with E-state index in [1.54, 1.807) is 6.08 Å². The molecule has 1 N–H and O–H groups in total. The van der Waals surface area contributed by atoms with Gasteiger partial charge in [-0.3, -0.25) is 4.79 Å². The first-order chi connectivity index (χ1) is 12.2. The summed E-state index contributed by atoms with van der Waals surface area (Å²) < 4.78 is 5.38. The summed E-state index contributed by atoms with van der Waals surface area (Å²) in [7, 11) is 0. The highest BCUT2D eigenvalue weighted by molar-refractivity contribution is 6.01. The van der Waals surface area contributed by atoms with Crippen molar-refractivity contribution in [2.75, 3.05) is 13.2 Å². The Morgan fingerprint density at radius 1 is 1.16 bits per heavy atom. The standard InChI is InChI=1S/C21H22N2O2/c1-2-25-20-12-10-18(11-13-20)15-19(16-22)21(24)23-14-6-9-17-7-4-3-5-8-17/h3-5,7-8,10-13,15H,2,6,9,14H2,1H3,(H,23,24)/b19-15-. The van der Waals surface area contributed by atoms with Gasteiger partial charge in [0.2, 0.25) is 0 Å². The molecule has 2 rings (SSSR count). The summed E-state index contributed by atoms with van der Waals surface area (Å²) in [6.07, 6.45) is 3.31. The smallest absolute Gasteiger partial charge is 0.261 e. The van der Waals surface area contributed by atoms with Crippen LogP contribution in [0.2, 0.25) is 0 Å². The second kappa shape index (κ2) is 9.94. The van der Waals surface area contributed by atoms with E-state index < -0.39 is 0 Å². The number of ether oxygens (including phenoxy) is 1. The second-order valence-electron chi connectivity index (χ2n) is 5.52. The average molecular weight is 334 g/mol. The Morgan fingerprint density at radius 3 is 2.52 bits per heavy atom. The Balaban J connectivity index is 1.86. The lowest BCUT2D eigenvalue weighted by atomic mass is 10.1. The molecule has 0 radical (unpaired) electrons. The van der Waals surface area contributed by atoms with Crippen molar-refractivity contribution in [2.45, 2.75) is 19.8 Å². The summed E-state index contributed by atoms with van der Waals surface area (Å²) in [6, 6.07) is 19.4. The van der Waals surface area contributed by atoms with Gasteiger partial charge in [-0.05, 0) is 49.1 Å². The Morgan fingerprint density at radius 2 is 1.88 bits per heavy atom. The number of aryl methyl sites for hydroxylation is 1. The van der Waals surface area contributed by atoms with Crippen molar-refractivity contribution in [1.82, 2.24) is 5.32 Å². The molecule has 0 fully saturated rings. The monoisotopic (exact) mass is 334 g/mol. The molecule has 4 nitrogen and oxygen atoms in total. The number of hydrogen-bond acceptors (Lipinski definition) is 3. The first-order valence-electron chi connectivity index (χ1n) is 8.39. The number of rotatable bonds is 8. The second-order valence-corrected chi connectivity index (χ2v) is 5.52. The Kier molecular flexibility index (Phi) is 7.27. The number of benzene rings is 2. The van der Waals surface area contributed by atoms with E-state index in [4.69, 9.17) is 4.74 Å². The molecular formula is C21H22N2O2. The molecule has 4 heteroatoms. The third-order valence-electron chi connectivity index (χ3n) is 3.64. The first kappa shape index (κ1) is 18.3. The van der Waals surface area contributed by atoms with E-state index in [0.717, 1.165) is 24.2 Å². The van der Waals surface area contributed by atoms with E-state index in [1.807, 2.05) is 55.5 Å². The number of carbonyl (C=O) groups excluding carboxylic acids is 1. The third-order valence-corrected chi connectivity index (χ3v) is 3.64. The van der Waals surface area contributed by atoms with Crippen molar-refractivity contribution >= 4 is 12.0 Å².